The van der Waals surface area contributed by atoms with Gasteiger partial charge in [0, 0.05) is 16.8 Å². The van der Waals surface area contributed by atoms with Gasteiger partial charge in [-0.2, -0.15) is 11.8 Å². The summed E-state index contributed by atoms with van der Waals surface area (Å²) in [6, 6.07) is 21.9. The number of halogens is 1. The summed E-state index contributed by atoms with van der Waals surface area (Å²) in [6.45, 7) is 4.21. The van der Waals surface area contributed by atoms with Gasteiger partial charge in [-0.05, 0) is 67.5 Å². The van der Waals surface area contributed by atoms with Crippen molar-refractivity contribution in [3.05, 3.63) is 94.0 Å². The van der Waals surface area contributed by atoms with Gasteiger partial charge in [0.05, 0.1) is 10.6 Å². The molecule has 8 heteroatoms. The smallest absolute Gasteiger partial charge is 0.264 e. The van der Waals surface area contributed by atoms with E-state index in [0.29, 0.717) is 12.2 Å². The summed E-state index contributed by atoms with van der Waals surface area (Å²) < 4.78 is 28.7. The minimum atomic E-state index is -3.91. The maximum absolute atomic E-state index is 13.4. The number of hydrogen-bond donors (Lipinski definition) is 1. The zero-order valence-corrected chi connectivity index (χ0v) is 22.5. The molecule has 0 atom stereocenters. The van der Waals surface area contributed by atoms with Crippen LogP contribution in [-0.4, -0.2) is 33.2 Å². The van der Waals surface area contributed by atoms with Crippen LogP contribution in [0.5, 0.6) is 0 Å². The number of nitrogens with one attached hydrogen (secondary N) is 1. The Bertz CT molecular complexity index is 1210. The average molecular weight is 562 g/mol. The fourth-order valence-corrected chi connectivity index (χ4v) is 6.16. The minimum absolute atomic E-state index is 0.151. The van der Waals surface area contributed by atoms with E-state index in [0.717, 1.165) is 32.3 Å². The van der Waals surface area contributed by atoms with Crippen molar-refractivity contribution in [1.82, 2.24) is 5.32 Å². The summed E-state index contributed by atoms with van der Waals surface area (Å²) >= 11 is 5.22. The first-order chi connectivity index (χ1) is 16.3. The molecular weight excluding hydrogens is 532 g/mol. The molecule has 3 rings (SSSR count). The second kappa shape index (κ2) is 12.4. The molecule has 1 amide bonds. The van der Waals surface area contributed by atoms with Crippen LogP contribution in [-0.2, 0) is 20.6 Å². The molecule has 0 radical (unpaired) electrons. The van der Waals surface area contributed by atoms with Crippen LogP contribution in [0, 0.1) is 13.8 Å². The lowest BCUT2D eigenvalue weighted by molar-refractivity contribution is -0.119. The van der Waals surface area contributed by atoms with E-state index in [2.05, 4.69) is 40.3 Å². The van der Waals surface area contributed by atoms with E-state index >= 15 is 0 Å². The van der Waals surface area contributed by atoms with E-state index in [-0.39, 0.29) is 17.3 Å². The zero-order valence-electron chi connectivity index (χ0n) is 19.3. The molecule has 0 unspecified atom stereocenters. The third-order valence-corrected chi connectivity index (χ3v) is 8.67. The lowest BCUT2D eigenvalue weighted by Gasteiger charge is -2.24. The van der Waals surface area contributed by atoms with Crippen LogP contribution in [0.25, 0.3) is 0 Å². The molecule has 180 valence electrons. The first-order valence-corrected chi connectivity index (χ1v) is 14.4. The second-order valence-corrected chi connectivity index (χ2v) is 11.9. The monoisotopic (exact) mass is 560 g/mol. The van der Waals surface area contributed by atoms with Gasteiger partial charge in [0.2, 0.25) is 5.91 Å². The average Bonchev–Trinajstić information content (AvgIpc) is 2.81. The molecule has 3 aromatic carbocycles. The molecule has 0 spiro atoms. The van der Waals surface area contributed by atoms with Crippen LogP contribution in [0.4, 0.5) is 5.69 Å². The van der Waals surface area contributed by atoms with Crippen molar-refractivity contribution in [2.45, 2.75) is 30.9 Å². The van der Waals surface area contributed by atoms with Crippen molar-refractivity contribution < 1.29 is 13.2 Å². The summed E-state index contributed by atoms with van der Waals surface area (Å²) in [5.74, 6) is 1.51. The third kappa shape index (κ3) is 7.35. The van der Waals surface area contributed by atoms with Crippen LogP contribution in [0.1, 0.15) is 23.1 Å². The Kier molecular flexibility index (Phi) is 9.62. The number of aryl methyl sites for hydroxylation is 2. The van der Waals surface area contributed by atoms with E-state index < -0.39 is 10.0 Å². The quantitative estimate of drug-likeness (QED) is 0.305. The highest BCUT2D eigenvalue weighted by molar-refractivity contribution is 9.10. The second-order valence-electron chi connectivity index (χ2n) is 7.99. The van der Waals surface area contributed by atoms with Crippen LogP contribution >= 0.6 is 27.7 Å². The van der Waals surface area contributed by atoms with Gasteiger partial charge in [0.15, 0.2) is 0 Å². The number of anilines is 1. The van der Waals surface area contributed by atoms with Crippen LogP contribution in [0.3, 0.4) is 0 Å². The molecule has 0 bridgehead atoms. The molecular formula is C26H29BrN2O3S2. The highest BCUT2D eigenvalue weighted by Crippen LogP contribution is 2.26. The maximum atomic E-state index is 13.4. The Hall–Kier alpha value is -2.29. The van der Waals surface area contributed by atoms with Gasteiger partial charge in [0.1, 0.15) is 6.54 Å². The molecule has 0 saturated carbocycles. The van der Waals surface area contributed by atoms with Gasteiger partial charge in [-0.1, -0.05) is 64.0 Å². The molecule has 5 nitrogen and oxygen atoms in total. The minimum Gasteiger partial charge on any atom is -0.354 e. The number of hydrogen-bond acceptors (Lipinski definition) is 4. The highest BCUT2D eigenvalue weighted by atomic mass is 79.9. The number of amides is 1. The first kappa shape index (κ1) is 26.3. The van der Waals surface area contributed by atoms with Crippen LogP contribution in [0.2, 0.25) is 0 Å². The number of carbonyl (C=O) groups is 1. The topological polar surface area (TPSA) is 66.5 Å². The molecule has 0 aliphatic heterocycles. The van der Waals surface area contributed by atoms with Crippen molar-refractivity contribution in [2.24, 2.45) is 0 Å². The lowest BCUT2D eigenvalue weighted by Crippen LogP contribution is -2.41. The van der Waals surface area contributed by atoms with E-state index in [4.69, 9.17) is 0 Å². The summed E-state index contributed by atoms with van der Waals surface area (Å²) in [5.41, 5.74) is 4.00. The zero-order chi connectivity index (χ0) is 24.6. The molecule has 0 aromatic heterocycles. The summed E-state index contributed by atoms with van der Waals surface area (Å²) in [6.07, 6.45) is 0.809. The normalized spacial score (nSPS) is 11.3. The van der Waals surface area contributed by atoms with E-state index in [9.17, 15) is 13.2 Å². The fourth-order valence-electron chi connectivity index (χ4n) is 3.33. The summed E-state index contributed by atoms with van der Waals surface area (Å²) in [4.78, 5) is 12.9. The molecule has 0 fully saturated rings. The molecule has 0 aliphatic rings. The number of carbonyl (C=O) groups excluding carboxylic acids is 1. The van der Waals surface area contributed by atoms with Gasteiger partial charge in [-0.15, -0.1) is 0 Å². The van der Waals surface area contributed by atoms with E-state index in [1.807, 2.05) is 36.9 Å². The molecule has 3 aromatic rings. The van der Waals surface area contributed by atoms with Gasteiger partial charge in [-0.25, -0.2) is 8.42 Å². The number of sulfonamides is 1. The molecule has 0 aliphatic carbocycles. The Morgan fingerprint density at radius 2 is 1.74 bits per heavy atom. The number of thioether (sulfide) groups is 1. The van der Waals surface area contributed by atoms with E-state index in [1.54, 1.807) is 42.5 Å². The highest BCUT2D eigenvalue weighted by Gasteiger charge is 2.27. The van der Waals surface area contributed by atoms with Gasteiger partial charge in [0.25, 0.3) is 10.0 Å². The van der Waals surface area contributed by atoms with Gasteiger partial charge < -0.3 is 5.32 Å². The Labute approximate surface area is 215 Å². The van der Waals surface area contributed by atoms with Crippen molar-refractivity contribution >= 4 is 49.3 Å². The molecule has 1 N–H and O–H groups in total. The summed E-state index contributed by atoms with van der Waals surface area (Å²) in [7, 11) is -3.91. The number of benzene rings is 3. The lowest BCUT2D eigenvalue weighted by atomic mass is 10.1. The van der Waals surface area contributed by atoms with E-state index in [1.165, 1.54) is 11.1 Å². The Morgan fingerprint density at radius 1 is 1.00 bits per heavy atom. The third-order valence-electron chi connectivity index (χ3n) is 5.30. The van der Waals surface area contributed by atoms with Crippen LogP contribution < -0.4 is 9.62 Å². The predicted octanol–water partition coefficient (Wildman–Crippen LogP) is 5.70. The fraction of sp³-hybridized carbons (Fsp3) is 0.269. The van der Waals surface area contributed by atoms with Crippen molar-refractivity contribution in [1.29, 1.82) is 0 Å². The molecule has 34 heavy (non-hydrogen) atoms. The van der Waals surface area contributed by atoms with Crippen LogP contribution in [0.15, 0.2) is 82.2 Å². The Balaban J connectivity index is 1.59. The van der Waals surface area contributed by atoms with Crippen molar-refractivity contribution in [3.63, 3.8) is 0 Å². The van der Waals surface area contributed by atoms with Gasteiger partial charge >= 0.3 is 0 Å². The molecule has 0 heterocycles. The van der Waals surface area contributed by atoms with Crippen molar-refractivity contribution in [3.8, 4) is 0 Å². The standard InChI is InChI=1S/C26H29BrN2O3S2/c1-20-11-13-25(14-12-20)34(31,32)29(24-10-5-9-23(27)17-24)18-26(30)28-15-6-16-33-19-22-8-4-3-7-21(22)2/h3-5,7-14,17H,6,15-16,18-19H2,1-2H3,(H,28,30). The maximum Gasteiger partial charge on any atom is 0.264 e. The SMILES string of the molecule is Cc1ccc(S(=O)(=O)N(CC(=O)NCCCSCc2ccccc2C)c2cccc(Br)c2)cc1. The first-order valence-electron chi connectivity index (χ1n) is 11.0. The number of rotatable bonds is 11. The Morgan fingerprint density at radius 3 is 2.44 bits per heavy atom. The largest absolute Gasteiger partial charge is 0.354 e. The van der Waals surface area contributed by atoms with Gasteiger partial charge in [-0.3, -0.25) is 9.10 Å². The summed E-state index contributed by atoms with van der Waals surface area (Å²) in [5, 5.41) is 2.87. The predicted molar refractivity (Wildman–Crippen MR) is 145 cm³/mol. The molecule has 0 saturated heterocycles. The van der Waals surface area contributed by atoms with Crippen molar-refractivity contribution in [2.75, 3.05) is 23.1 Å². The number of nitrogens with zero attached hydrogens (tertiary/aromatic N) is 1.